The topological polar surface area (TPSA) is 174 Å². The number of aliphatic hydroxyl groups excluding tert-OH is 4. The number of carbonyl (C=O) groups is 1. The molecule has 0 aliphatic carbocycles. The van der Waals surface area contributed by atoms with Gasteiger partial charge in [0.25, 0.3) is 0 Å². The van der Waals surface area contributed by atoms with Crippen LogP contribution in [0.3, 0.4) is 0 Å². The molecule has 0 radical (unpaired) electrons. The zero-order valence-corrected chi connectivity index (χ0v) is 29.0. The molecule has 5 aromatic rings. The van der Waals surface area contributed by atoms with Gasteiger partial charge in [0.05, 0.1) is 6.61 Å². The number of phenols is 1. The van der Waals surface area contributed by atoms with Crippen molar-refractivity contribution < 1.29 is 58.7 Å². The van der Waals surface area contributed by atoms with E-state index in [2.05, 4.69) is 0 Å². The molecule has 2 heterocycles. The Labute approximate surface area is 311 Å². The first-order valence-electron chi connectivity index (χ1n) is 17.5. The van der Waals surface area contributed by atoms with Crippen molar-refractivity contribution >= 4 is 5.97 Å². The highest BCUT2D eigenvalue weighted by Gasteiger charge is 2.47. The van der Waals surface area contributed by atoms with Gasteiger partial charge in [-0.3, -0.25) is 0 Å². The van der Waals surface area contributed by atoms with Crippen LogP contribution in [0.2, 0.25) is 0 Å². The van der Waals surface area contributed by atoms with Crippen LogP contribution in [0.5, 0.6) is 28.7 Å². The summed E-state index contributed by atoms with van der Waals surface area (Å²) >= 11 is 0. The summed E-state index contributed by atoms with van der Waals surface area (Å²) < 4.78 is 36.1. The van der Waals surface area contributed by atoms with E-state index in [4.69, 9.17) is 28.4 Å². The van der Waals surface area contributed by atoms with Gasteiger partial charge in [0.15, 0.2) is 30.0 Å². The monoisotopic (exact) mass is 736 g/mol. The third-order valence-corrected chi connectivity index (χ3v) is 9.27. The van der Waals surface area contributed by atoms with Gasteiger partial charge in [-0.2, -0.15) is 0 Å². The summed E-state index contributed by atoms with van der Waals surface area (Å²) in [5.41, 5.74) is 4.20. The number of ether oxygens (including phenoxy) is 6. The van der Waals surface area contributed by atoms with Crippen LogP contribution in [0.4, 0.5) is 0 Å². The first-order chi connectivity index (χ1) is 26.2. The third-order valence-electron chi connectivity index (χ3n) is 9.27. The molecule has 280 valence electrons. The van der Waals surface area contributed by atoms with Crippen molar-refractivity contribution in [3.63, 3.8) is 0 Å². The molecule has 2 aliphatic heterocycles. The van der Waals surface area contributed by atoms with Crippen LogP contribution in [-0.2, 0) is 40.5 Å². The second-order valence-corrected chi connectivity index (χ2v) is 13.1. The Kier molecular flexibility index (Phi) is 11.4. The maximum absolute atomic E-state index is 12.9. The Balaban J connectivity index is 1.18. The van der Waals surface area contributed by atoms with Crippen LogP contribution in [-0.4, -0.2) is 68.3 Å². The summed E-state index contributed by atoms with van der Waals surface area (Å²) in [6.45, 7) is 0.903. The Morgan fingerprint density at radius 1 is 0.667 bits per heavy atom. The summed E-state index contributed by atoms with van der Waals surface area (Å²) in [4.78, 5) is 12.9. The third kappa shape index (κ3) is 8.50. The number of esters is 1. The molecular formula is C42H40O12. The Morgan fingerprint density at radius 2 is 1.28 bits per heavy atom. The van der Waals surface area contributed by atoms with E-state index < -0.39 is 54.6 Å². The molecule has 1 saturated heterocycles. The smallest absolute Gasteiger partial charge is 0.343 e. The van der Waals surface area contributed by atoms with Gasteiger partial charge in [-0.05, 0) is 34.4 Å². The maximum Gasteiger partial charge on any atom is 0.343 e. The van der Waals surface area contributed by atoms with Gasteiger partial charge in [0, 0.05) is 24.1 Å². The van der Waals surface area contributed by atoms with E-state index in [1.54, 1.807) is 12.1 Å². The van der Waals surface area contributed by atoms with Crippen LogP contribution in [0.1, 0.15) is 33.9 Å². The van der Waals surface area contributed by atoms with E-state index in [-0.39, 0.29) is 12.4 Å². The Bertz CT molecular complexity index is 2010. The highest BCUT2D eigenvalue weighted by atomic mass is 16.7. The lowest BCUT2D eigenvalue weighted by atomic mass is 9.93. The minimum atomic E-state index is -1.94. The predicted octanol–water partition coefficient (Wildman–Crippen LogP) is 4.52. The number of aromatic hydroxyl groups is 1. The first-order valence-corrected chi connectivity index (χ1v) is 17.5. The van der Waals surface area contributed by atoms with Crippen LogP contribution in [0.25, 0.3) is 0 Å². The summed E-state index contributed by atoms with van der Waals surface area (Å²) in [6, 6.07) is 37.2. The van der Waals surface area contributed by atoms with Crippen molar-refractivity contribution in [1.82, 2.24) is 0 Å². The molecule has 0 spiro atoms. The van der Waals surface area contributed by atoms with Crippen LogP contribution in [0, 0.1) is 0 Å². The van der Waals surface area contributed by atoms with Gasteiger partial charge in [0.1, 0.15) is 54.9 Å². The van der Waals surface area contributed by atoms with Crippen LogP contribution >= 0.6 is 0 Å². The quantitative estimate of drug-likeness (QED) is 0.0897. The van der Waals surface area contributed by atoms with Crippen molar-refractivity contribution in [1.29, 1.82) is 0 Å². The number of carbonyl (C=O) groups excluding carboxylic acids is 1. The molecule has 0 amide bonds. The van der Waals surface area contributed by atoms with Crippen LogP contribution in [0.15, 0.2) is 121 Å². The fourth-order valence-corrected chi connectivity index (χ4v) is 6.34. The van der Waals surface area contributed by atoms with Crippen LogP contribution < -0.4 is 18.9 Å². The lowest BCUT2D eigenvalue weighted by molar-refractivity contribution is -0.279. The van der Waals surface area contributed by atoms with E-state index in [9.17, 15) is 30.3 Å². The molecule has 7 rings (SSSR count). The molecule has 2 unspecified atom stereocenters. The lowest BCUT2D eigenvalue weighted by Crippen LogP contribution is -2.60. The highest BCUT2D eigenvalue weighted by molar-refractivity contribution is 5.79. The van der Waals surface area contributed by atoms with Crippen molar-refractivity contribution in [2.75, 3.05) is 0 Å². The molecular weight excluding hydrogens is 696 g/mol. The number of hydrogen-bond acceptors (Lipinski definition) is 12. The van der Waals surface area contributed by atoms with Gasteiger partial charge in [0.2, 0.25) is 0 Å². The summed E-state index contributed by atoms with van der Waals surface area (Å²) in [7, 11) is 0. The van der Waals surface area contributed by atoms with Gasteiger partial charge in [-0.25, -0.2) is 4.79 Å². The van der Waals surface area contributed by atoms with Gasteiger partial charge < -0.3 is 54.0 Å². The zero-order chi connectivity index (χ0) is 37.6. The number of fused-ring (bicyclic) bond motifs is 1. The first kappa shape index (κ1) is 36.9. The molecule has 12 nitrogen and oxygen atoms in total. The minimum Gasteiger partial charge on any atom is -0.504 e. The molecule has 12 heteroatoms. The summed E-state index contributed by atoms with van der Waals surface area (Å²) in [6.07, 6.45) is -10.3. The maximum atomic E-state index is 12.9. The summed E-state index contributed by atoms with van der Waals surface area (Å²) in [5.74, 6) is -0.301. The average Bonchev–Trinajstić information content (AvgIpc) is 3.20. The van der Waals surface area contributed by atoms with E-state index in [0.29, 0.717) is 42.4 Å². The van der Waals surface area contributed by atoms with E-state index in [0.717, 1.165) is 22.3 Å². The van der Waals surface area contributed by atoms with Crippen molar-refractivity contribution in [2.24, 2.45) is 0 Å². The van der Waals surface area contributed by atoms with Gasteiger partial charge in [-0.15, -0.1) is 0 Å². The fraction of sp³-hybridized carbons (Fsp3) is 0.262. The Morgan fingerprint density at radius 3 is 1.91 bits per heavy atom. The fourth-order valence-electron chi connectivity index (χ4n) is 6.34. The van der Waals surface area contributed by atoms with E-state index in [1.165, 1.54) is 12.1 Å². The molecule has 2 aliphatic rings. The normalized spacial score (nSPS) is 23.4. The van der Waals surface area contributed by atoms with Gasteiger partial charge in [-0.1, -0.05) is 97.1 Å². The summed E-state index contributed by atoms with van der Waals surface area (Å²) in [5, 5.41) is 50.9. The second kappa shape index (κ2) is 16.7. The van der Waals surface area contributed by atoms with Crippen molar-refractivity contribution in [3.05, 3.63) is 149 Å². The second-order valence-electron chi connectivity index (χ2n) is 13.1. The number of rotatable bonds is 12. The zero-order valence-electron chi connectivity index (χ0n) is 29.0. The van der Waals surface area contributed by atoms with Crippen molar-refractivity contribution in [2.45, 2.75) is 69.2 Å². The molecule has 0 saturated carbocycles. The molecule has 54 heavy (non-hydrogen) atoms. The number of benzene rings is 5. The molecule has 5 aromatic carbocycles. The SMILES string of the molecule is O=C(Oc1ccc(C2Oc3cc(OCc4ccccc4)cc(OCc4ccccc4)c3CC2OCc2ccccc2)cc1O)[C@H]1O[C@@H](O)[C@H](O)[C@@H](O)[C@@H]1O. The molecule has 7 atom stereocenters. The molecule has 0 bridgehead atoms. The standard InChI is InChI=1S/C42H40O12/c43-31-18-28(16-17-32(31)53-42(48)40-37(45)36(44)38(46)41(47)54-40)39-35(51-24-27-14-8-3-9-15-27)21-30-33(50-23-26-12-6-2-7-13-26)19-29(20-34(30)52-39)49-22-25-10-4-1-5-11-25/h1-20,35-41,43-47H,21-24H2/t35?,36-,37-,38+,39?,40-,41+/m0/s1. The minimum absolute atomic E-state index is 0.275. The predicted molar refractivity (Wildman–Crippen MR) is 193 cm³/mol. The van der Waals surface area contributed by atoms with E-state index >= 15 is 0 Å². The number of aliphatic hydroxyl groups is 4. The number of hydrogen-bond donors (Lipinski definition) is 5. The highest BCUT2D eigenvalue weighted by Crippen LogP contribution is 2.45. The Hall–Kier alpha value is -5.47. The molecule has 0 aromatic heterocycles. The van der Waals surface area contributed by atoms with Gasteiger partial charge >= 0.3 is 5.97 Å². The van der Waals surface area contributed by atoms with E-state index in [1.807, 2.05) is 97.1 Å². The average molecular weight is 737 g/mol. The largest absolute Gasteiger partial charge is 0.504 e. The lowest BCUT2D eigenvalue weighted by Gasteiger charge is -2.36. The van der Waals surface area contributed by atoms with Crippen molar-refractivity contribution in [3.8, 4) is 28.7 Å². The molecule has 1 fully saturated rings. The molecule has 5 N–H and O–H groups in total. The number of phenolic OH excluding ortho intramolecular Hbond substituents is 1.